The molecule has 0 saturated heterocycles. The van der Waals surface area contributed by atoms with E-state index < -0.39 is 22.5 Å². The lowest BCUT2D eigenvalue weighted by atomic mass is 10.1. The van der Waals surface area contributed by atoms with E-state index in [0.29, 0.717) is 25.4 Å². The molecule has 128 valence electrons. The van der Waals surface area contributed by atoms with Crippen molar-refractivity contribution in [3.8, 4) is 11.5 Å². The number of nitrogens with zero attached hydrogens (tertiary/aromatic N) is 1. The molecule has 0 spiro atoms. The Labute approximate surface area is 143 Å². The van der Waals surface area contributed by atoms with E-state index in [9.17, 15) is 19.7 Å². The van der Waals surface area contributed by atoms with Gasteiger partial charge in [-0.3, -0.25) is 19.7 Å². The van der Waals surface area contributed by atoms with Crippen LogP contribution >= 0.6 is 0 Å². The highest BCUT2D eigenvalue weighted by atomic mass is 16.6. The maximum atomic E-state index is 12.0. The largest absolute Gasteiger partial charge is 0.493 e. The molecule has 0 saturated carbocycles. The van der Waals surface area contributed by atoms with Gasteiger partial charge in [-0.25, -0.2) is 0 Å². The number of hydrogen-bond donors (Lipinski definition) is 0. The highest BCUT2D eigenvalue weighted by Gasteiger charge is 2.47. The Bertz CT molecular complexity index is 818. The second-order valence-electron chi connectivity index (χ2n) is 5.49. The molecule has 1 aliphatic carbocycles. The number of Topliss-reactive ketones (excluding diaryl/α,β-unsaturated/α-hetero) is 2. The third kappa shape index (κ3) is 3.50. The van der Waals surface area contributed by atoms with Gasteiger partial charge in [0, 0.05) is 22.5 Å². The molecule has 0 amide bonds. The van der Waals surface area contributed by atoms with Crippen LogP contribution < -0.4 is 9.47 Å². The van der Waals surface area contributed by atoms with E-state index in [1.54, 1.807) is 0 Å². The quantitative estimate of drug-likeness (QED) is 0.332. The number of ketones is 2. The number of hydrogen-bond acceptors (Lipinski definition) is 6. The van der Waals surface area contributed by atoms with Crippen LogP contribution in [0.3, 0.4) is 0 Å². The van der Waals surface area contributed by atoms with Gasteiger partial charge in [0.15, 0.2) is 0 Å². The minimum Gasteiger partial charge on any atom is -0.493 e. The number of ether oxygens (including phenoxy) is 2. The van der Waals surface area contributed by atoms with Crippen molar-refractivity contribution in [3.63, 3.8) is 0 Å². The molecule has 2 aromatic rings. The Morgan fingerprint density at radius 3 is 2.20 bits per heavy atom. The molecule has 0 bridgehead atoms. The number of carbonyl (C=O) groups is 2. The maximum Gasteiger partial charge on any atom is 0.336 e. The summed E-state index contributed by atoms with van der Waals surface area (Å²) in [5.74, 6) is -0.394. The van der Waals surface area contributed by atoms with E-state index in [-0.39, 0.29) is 11.1 Å². The predicted octanol–water partition coefficient (Wildman–Crippen LogP) is 2.56. The average Bonchev–Trinajstić information content (AvgIpc) is 2.86. The van der Waals surface area contributed by atoms with Crippen LogP contribution in [0.4, 0.5) is 0 Å². The number of rotatable bonds is 7. The molecule has 25 heavy (non-hydrogen) atoms. The Kier molecular flexibility index (Phi) is 4.74. The van der Waals surface area contributed by atoms with Crippen LogP contribution in [0.5, 0.6) is 11.5 Å². The molecule has 3 rings (SSSR count). The number of carbonyl (C=O) groups excluding carboxylic acids is 2. The summed E-state index contributed by atoms with van der Waals surface area (Å²) in [7, 11) is 0. The molecule has 7 nitrogen and oxygen atoms in total. The highest BCUT2D eigenvalue weighted by Crippen LogP contribution is 2.27. The topological polar surface area (TPSA) is 95.7 Å². The molecule has 1 unspecified atom stereocenters. The Morgan fingerprint density at radius 2 is 1.52 bits per heavy atom. The molecule has 0 N–H and O–H groups in total. The van der Waals surface area contributed by atoms with Crippen molar-refractivity contribution in [2.24, 2.45) is 0 Å². The molecular weight excluding hydrogens is 326 g/mol. The van der Waals surface area contributed by atoms with Crippen molar-refractivity contribution < 1.29 is 24.0 Å². The average molecular weight is 341 g/mol. The SMILES string of the molecule is O=C1c2ccc(OCCCOc3ccccc3)cc2C(=O)C1[N+](=O)[O-]. The molecule has 0 aliphatic heterocycles. The van der Waals surface area contributed by atoms with Crippen molar-refractivity contribution in [3.05, 3.63) is 69.8 Å². The minimum atomic E-state index is -1.83. The minimum absolute atomic E-state index is 0.0461. The van der Waals surface area contributed by atoms with Crippen molar-refractivity contribution >= 4 is 11.6 Å². The van der Waals surface area contributed by atoms with E-state index in [1.165, 1.54) is 18.2 Å². The summed E-state index contributed by atoms with van der Waals surface area (Å²) in [4.78, 5) is 33.9. The fraction of sp³-hybridized carbons (Fsp3) is 0.222. The third-order valence-corrected chi connectivity index (χ3v) is 3.80. The van der Waals surface area contributed by atoms with E-state index in [0.717, 1.165) is 5.75 Å². The zero-order valence-electron chi connectivity index (χ0n) is 13.2. The zero-order chi connectivity index (χ0) is 17.8. The van der Waals surface area contributed by atoms with Crippen molar-refractivity contribution in [1.82, 2.24) is 0 Å². The van der Waals surface area contributed by atoms with Crippen LogP contribution in [-0.2, 0) is 0 Å². The van der Waals surface area contributed by atoms with Gasteiger partial charge in [-0.1, -0.05) is 18.2 Å². The summed E-state index contributed by atoms with van der Waals surface area (Å²) in [6, 6.07) is 11.9. The molecule has 0 aromatic heterocycles. The van der Waals surface area contributed by atoms with Crippen molar-refractivity contribution in [1.29, 1.82) is 0 Å². The molecule has 0 radical (unpaired) electrons. The zero-order valence-corrected chi connectivity index (χ0v) is 13.2. The molecule has 0 fully saturated rings. The van der Waals surface area contributed by atoms with Gasteiger partial charge in [-0.2, -0.15) is 0 Å². The summed E-state index contributed by atoms with van der Waals surface area (Å²) >= 11 is 0. The van der Waals surface area contributed by atoms with E-state index in [4.69, 9.17) is 9.47 Å². The predicted molar refractivity (Wildman–Crippen MR) is 87.9 cm³/mol. The van der Waals surface area contributed by atoms with Crippen LogP contribution in [0.2, 0.25) is 0 Å². The van der Waals surface area contributed by atoms with E-state index in [2.05, 4.69) is 0 Å². The Balaban J connectivity index is 1.54. The number of fused-ring (bicyclic) bond motifs is 1. The van der Waals surface area contributed by atoms with Gasteiger partial charge >= 0.3 is 6.04 Å². The van der Waals surface area contributed by atoms with Gasteiger partial charge in [0.25, 0.3) is 0 Å². The summed E-state index contributed by atoms with van der Waals surface area (Å²) < 4.78 is 11.1. The molecule has 2 aromatic carbocycles. The lowest BCUT2D eigenvalue weighted by molar-refractivity contribution is -0.488. The van der Waals surface area contributed by atoms with Gasteiger partial charge < -0.3 is 9.47 Å². The molecule has 0 heterocycles. The van der Waals surface area contributed by atoms with Crippen molar-refractivity contribution in [2.75, 3.05) is 13.2 Å². The Hall–Kier alpha value is -3.22. The van der Waals surface area contributed by atoms with Gasteiger partial charge in [0.2, 0.25) is 11.6 Å². The van der Waals surface area contributed by atoms with Gasteiger partial charge in [0.1, 0.15) is 11.5 Å². The van der Waals surface area contributed by atoms with E-state index in [1.807, 2.05) is 30.3 Å². The summed E-state index contributed by atoms with van der Waals surface area (Å²) in [6.45, 7) is 0.822. The van der Waals surface area contributed by atoms with Crippen LogP contribution in [0.1, 0.15) is 27.1 Å². The molecule has 1 aliphatic rings. The summed E-state index contributed by atoms with van der Waals surface area (Å²) in [5, 5.41) is 10.9. The molecular formula is C18H15NO6. The monoisotopic (exact) mass is 341 g/mol. The first-order valence-corrected chi connectivity index (χ1v) is 7.74. The van der Waals surface area contributed by atoms with Crippen molar-refractivity contribution in [2.45, 2.75) is 12.5 Å². The standard InChI is InChI=1S/C18H15NO6/c20-17-14-8-7-13(11-15(14)18(21)16(17)19(22)23)25-10-4-9-24-12-5-2-1-3-6-12/h1-3,5-8,11,16H,4,9-10H2. The first-order chi connectivity index (χ1) is 12.1. The lowest BCUT2D eigenvalue weighted by Crippen LogP contribution is -2.31. The van der Waals surface area contributed by atoms with Crippen LogP contribution in [0.15, 0.2) is 48.5 Å². The van der Waals surface area contributed by atoms with Crippen LogP contribution in [-0.4, -0.2) is 35.7 Å². The van der Waals surface area contributed by atoms with Gasteiger partial charge in [0.05, 0.1) is 13.2 Å². The normalized spacial score (nSPS) is 15.8. The fourth-order valence-corrected chi connectivity index (χ4v) is 2.59. The Morgan fingerprint density at radius 1 is 0.880 bits per heavy atom. The van der Waals surface area contributed by atoms with Crippen LogP contribution in [0, 0.1) is 10.1 Å². The van der Waals surface area contributed by atoms with Crippen LogP contribution in [0.25, 0.3) is 0 Å². The summed E-state index contributed by atoms with van der Waals surface area (Å²) in [6.07, 6.45) is 0.621. The van der Waals surface area contributed by atoms with E-state index >= 15 is 0 Å². The first-order valence-electron chi connectivity index (χ1n) is 7.74. The smallest absolute Gasteiger partial charge is 0.336 e. The number of nitro groups is 1. The second-order valence-corrected chi connectivity index (χ2v) is 5.49. The van der Waals surface area contributed by atoms with Gasteiger partial charge in [-0.15, -0.1) is 0 Å². The first kappa shape index (κ1) is 16.6. The molecule has 1 atom stereocenters. The fourth-order valence-electron chi connectivity index (χ4n) is 2.59. The van der Waals surface area contributed by atoms with Gasteiger partial charge in [-0.05, 0) is 30.3 Å². The number of para-hydroxylation sites is 1. The highest BCUT2D eigenvalue weighted by molar-refractivity contribution is 6.28. The number of benzene rings is 2. The summed E-state index contributed by atoms with van der Waals surface area (Å²) in [5.41, 5.74) is 0.121. The third-order valence-electron chi connectivity index (χ3n) is 3.80. The second kappa shape index (κ2) is 7.12. The maximum absolute atomic E-state index is 12.0. The lowest BCUT2D eigenvalue weighted by Gasteiger charge is -2.08. The molecule has 7 heteroatoms.